The van der Waals surface area contributed by atoms with E-state index in [1.54, 1.807) is 19.2 Å². The van der Waals surface area contributed by atoms with Crippen LogP contribution in [-0.2, 0) is 0 Å². The molecule has 1 saturated carbocycles. The summed E-state index contributed by atoms with van der Waals surface area (Å²) < 4.78 is 18.8. The lowest BCUT2D eigenvalue weighted by molar-refractivity contribution is 0.384. The summed E-state index contributed by atoms with van der Waals surface area (Å²) in [6.45, 7) is 0. The summed E-state index contributed by atoms with van der Waals surface area (Å²) in [7, 11) is 3.57. The topological polar surface area (TPSA) is 21.3 Å². The fourth-order valence-electron chi connectivity index (χ4n) is 3.13. The average molecular weight is 265 g/mol. The fraction of sp³-hybridized carbons (Fsp3) is 0.625. The first kappa shape index (κ1) is 14.3. The molecule has 0 heterocycles. The molecule has 1 aliphatic carbocycles. The zero-order valence-electron chi connectivity index (χ0n) is 11.9. The van der Waals surface area contributed by atoms with Crippen LogP contribution in [-0.4, -0.2) is 14.2 Å². The van der Waals surface area contributed by atoms with Crippen molar-refractivity contribution in [2.45, 2.75) is 44.6 Å². The Kier molecular flexibility index (Phi) is 5.20. The number of methoxy groups -OCH3 is 1. The molecule has 0 amide bonds. The molecule has 1 unspecified atom stereocenters. The smallest absolute Gasteiger partial charge is 0.123 e. The Morgan fingerprint density at radius 3 is 2.74 bits per heavy atom. The van der Waals surface area contributed by atoms with Gasteiger partial charge in [-0.1, -0.05) is 25.7 Å². The van der Waals surface area contributed by atoms with Crippen molar-refractivity contribution in [3.63, 3.8) is 0 Å². The Morgan fingerprint density at radius 1 is 1.37 bits per heavy atom. The van der Waals surface area contributed by atoms with Crippen LogP contribution in [0.1, 0.15) is 50.1 Å². The van der Waals surface area contributed by atoms with Gasteiger partial charge in [-0.15, -0.1) is 0 Å². The van der Waals surface area contributed by atoms with Crippen molar-refractivity contribution < 1.29 is 9.13 Å². The Morgan fingerprint density at radius 2 is 2.11 bits per heavy atom. The van der Waals surface area contributed by atoms with Gasteiger partial charge in [0, 0.05) is 11.6 Å². The summed E-state index contributed by atoms with van der Waals surface area (Å²) in [5, 5.41) is 3.30. The molecular weight excluding hydrogens is 241 g/mol. The Balaban J connectivity index is 2.05. The number of hydrogen-bond acceptors (Lipinski definition) is 2. The molecule has 0 radical (unpaired) electrons. The van der Waals surface area contributed by atoms with Crippen molar-refractivity contribution in [1.82, 2.24) is 5.32 Å². The van der Waals surface area contributed by atoms with Gasteiger partial charge >= 0.3 is 0 Å². The zero-order valence-corrected chi connectivity index (χ0v) is 11.9. The second kappa shape index (κ2) is 6.90. The van der Waals surface area contributed by atoms with Gasteiger partial charge in [-0.2, -0.15) is 0 Å². The van der Waals surface area contributed by atoms with Gasteiger partial charge in [-0.25, -0.2) is 4.39 Å². The van der Waals surface area contributed by atoms with Crippen LogP contribution >= 0.6 is 0 Å². The molecule has 1 aliphatic rings. The third-order valence-corrected chi connectivity index (χ3v) is 4.25. The highest BCUT2D eigenvalue weighted by molar-refractivity contribution is 5.36. The summed E-state index contributed by atoms with van der Waals surface area (Å²) >= 11 is 0. The third kappa shape index (κ3) is 3.69. The molecule has 1 aromatic rings. The number of ether oxygens (including phenoxy) is 1. The predicted molar refractivity (Wildman–Crippen MR) is 75.9 cm³/mol. The molecule has 0 saturated heterocycles. The first-order chi connectivity index (χ1) is 9.24. The SMILES string of the molecule is CNC(CCC1CCCC1)c1cc(F)ccc1OC. The predicted octanol–water partition coefficient (Wildman–Crippen LogP) is 4.07. The summed E-state index contributed by atoms with van der Waals surface area (Å²) in [5.74, 6) is 1.43. The summed E-state index contributed by atoms with van der Waals surface area (Å²) in [4.78, 5) is 0. The van der Waals surface area contributed by atoms with Crippen molar-refractivity contribution in [1.29, 1.82) is 0 Å². The van der Waals surface area contributed by atoms with Crippen LogP contribution in [0.3, 0.4) is 0 Å². The van der Waals surface area contributed by atoms with Crippen LogP contribution in [0.5, 0.6) is 5.75 Å². The van der Waals surface area contributed by atoms with E-state index in [-0.39, 0.29) is 11.9 Å². The van der Waals surface area contributed by atoms with E-state index >= 15 is 0 Å². The lowest BCUT2D eigenvalue weighted by atomic mass is 9.94. The molecule has 0 aromatic heterocycles. The molecule has 1 N–H and O–H groups in total. The molecule has 0 aliphatic heterocycles. The highest BCUT2D eigenvalue weighted by atomic mass is 19.1. The van der Waals surface area contributed by atoms with Crippen molar-refractivity contribution in [2.75, 3.05) is 14.2 Å². The summed E-state index contributed by atoms with van der Waals surface area (Å²) in [6.07, 6.45) is 7.72. The van der Waals surface area contributed by atoms with E-state index in [1.807, 2.05) is 7.05 Å². The lowest BCUT2D eigenvalue weighted by Crippen LogP contribution is -2.18. The minimum absolute atomic E-state index is 0.172. The number of nitrogens with one attached hydrogen (secondary N) is 1. The first-order valence-corrected chi connectivity index (χ1v) is 7.25. The second-order valence-electron chi connectivity index (χ2n) is 5.46. The Bertz CT molecular complexity index is 402. The van der Waals surface area contributed by atoms with Crippen LogP contribution in [0, 0.1) is 11.7 Å². The van der Waals surface area contributed by atoms with E-state index in [2.05, 4.69) is 5.32 Å². The van der Waals surface area contributed by atoms with E-state index in [0.717, 1.165) is 23.7 Å². The van der Waals surface area contributed by atoms with E-state index in [1.165, 1.54) is 38.2 Å². The number of benzene rings is 1. The highest BCUT2D eigenvalue weighted by Gasteiger charge is 2.20. The quantitative estimate of drug-likeness (QED) is 0.837. The minimum Gasteiger partial charge on any atom is -0.496 e. The summed E-state index contributed by atoms with van der Waals surface area (Å²) in [5.41, 5.74) is 0.933. The molecule has 2 nitrogen and oxygen atoms in total. The highest BCUT2D eigenvalue weighted by Crippen LogP contribution is 2.34. The molecule has 3 heteroatoms. The van der Waals surface area contributed by atoms with Gasteiger partial charge in [0.15, 0.2) is 0 Å². The van der Waals surface area contributed by atoms with E-state index < -0.39 is 0 Å². The largest absolute Gasteiger partial charge is 0.496 e. The molecular formula is C16H24FNO. The van der Waals surface area contributed by atoms with Crippen LogP contribution < -0.4 is 10.1 Å². The van der Waals surface area contributed by atoms with E-state index in [0.29, 0.717) is 0 Å². The van der Waals surface area contributed by atoms with Gasteiger partial charge < -0.3 is 10.1 Å². The van der Waals surface area contributed by atoms with Gasteiger partial charge in [0.2, 0.25) is 0 Å². The van der Waals surface area contributed by atoms with Crippen LogP contribution in [0.4, 0.5) is 4.39 Å². The molecule has 106 valence electrons. The molecule has 19 heavy (non-hydrogen) atoms. The van der Waals surface area contributed by atoms with Gasteiger partial charge in [0.1, 0.15) is 11.6 Å². The molecule has 0 bridgehead atoms. The number of hydrogen-bond donors (Lipinski definition) is 1. The van der Waals surface area contributed by atoms with Crippen molar-refractivity contribution in [3.8, 4) is 5.75 Å². The third-order valence-electron chi connectivity index (χ3n) is 4.25. The maximum Gasteiger partial charge on any atom is 0.123 e. The van der Waals surface area contributed by atoms with Crippen LogP contribution in [0.2, 0.25) is 0 Å². The molecule has 1 fully saturated rings. The molecule has 2 rings (SSSR count). The lowest BCUT2D eigenvalue weighted by Gasteiger charge is -2.21. The maximum absolute atomic E-state index is 13.4. The van der Waals surface area contributed by atoms with Gasteiger partial charge in [0.05, 0.1) is 7.11 Å². The molecule has 1 aromatic carbocycles. The standard InChI is InChI=1S/C16H24FNO/c1-18-15(9-7-12-5-3-4-6-12)14-11-13(17)8-10-16(14)19-2/h8,10-12,15,18H,3-7,9H2,1-2H3. The average Bonchev–Trinajstić information content (AvgIpc) is 2.93. The number of halogens is 1. The van der Waals surface area contributed by atoms with Crippen molar-refractivity contribution in [2.24, 2.45) is 5.92 Å². The maximum atomic E-state index is 13.4. The zero-order chi connectivity index (χ0) is 13.7. The normalized spacial score (nSPS) is 17.6. The van der Waals surface area contributed by atoms with Crippen LogP contribution in [0.25, 0.3) is 0 Å². The Hall–Kier alpha value is -1.09. The number of rotatable bonds is 6. The second-order valence-corrected chi connectivity index (χ2v) is 5.46. The first-order valence-electron chi connectivity index (χ1n) is 7.25. The molecule has 0 spiro atoms. The monoisotopic (exact) mass is 265 g/mol. The van der Waals surface area contributed by atoms with Gasteiger partial charge in [0.25, 0.3) is 0 Å². The van der Waals surface area contributed by atoms with Crippen molar-refractivity contribution in [3.05, 3.63) is 29.6 Å². The minimum atomic E-state index is -0.197. The van der Waals surface area contributed by atoms with E-state index in [4.69, 9.17) is 4.74 Å². The summed E-state index contributed by atoms with van der Waals surface area (Å²) in [6, 6.07) is 4.93. The fourth-order valence-corrected chi connectivity index (χ4v) is 3.13. The van der Waals surface area contributed by atoms with E-state index in [9.17, 15) is 4.39 Å². The van der Waals surface area contributed by atoms with Crippen molar-refractivity contribution >= 4 is 0 Å². The van der Waals surface area contributed by atoms with Gasteiger partial charge in [-0.05, 0) is 44.0 Å². The van der Waals surface area contributed by atoms with Crippen LogP contribution in [0.15, 0.2) is 18.2 Å². The Labute approximate surface area is 115 Å². The van der Waals surface area contributed by atoms with Gasteiger partial charge in [-0.3, -0.25) is 0 Å². The molecule has 1 atom stereocenters.